The Morgan fingerprint density at radius 1 is 1.03 bits per heavy atom. The molecule has 2 N–H and O–H groups in total. The third-order valence-electron chi connectivity index (χ3n) is 4.87. The second-order valence-electron chi connectivity index (χ2n) is 6.94. The lowest BCUT2D eigenvalue weighted by molar-refractivity contribution is -0.115. The van der Waals surface area contributed by atoms with Gasteiger partial charge in [-0.3, -0.25) is 14.9 Å². The van der Waals surface area contributed by atoms with Crippen LogP contribution in [0.1, 0.15) is 28.8 Å². The molecule has 0 radical (unpaired) electrons. The zero-order valence-electron chi connectivity index (χ0n) is 17.5. The van der Waals surface area contributed by atoms with Crippen molar-refractivity contribution in [2.24, 2.45) is 0 Å². The van der Waals surface area contributed by atoms with Gasteiger partial charge in [0.15, 0.2) is 16.6 Å². The Morgan fingerprint density at radius 3 is 2.45 bits per heavy atom. The van der Waals surface area contributed by atoms with E-state index < -0.39 is 5.91 Å². The number of thiocarbonyl (C=S) groups is 1. The zero-order chi connectivity index (χ0) is 22.2. The standard InChI is InChI=1S/C23H25N3O4S/c1-29-19-11-9-16(15-20(19)30-2)10-12-21(27)25-23(31)24-18-8-4-3-7-17(18)22(28)26-13-5-6-14-26/h3-4,7-12,15H,5-6,13-14H2,1-2H3,(H2,24,25,27,31). The molecule has 0 spiro atoms. The van der Waals surface area contributed by atoms with Crippen LogP contribution in [0.4, 0.5) is 5.69 Å². The van der Waals surface area contributed by atoms with Crippen molar-refractivity contribution in [1.82, 2.24) is 10.2 Å². The van der Waals surface area contributed by atoms with Gasteiger partial charge in [-0.25, -0.2) is 0 Å². The predicted octanol–water partition coefficient (Wildman–Crippen LogP) is 3.47. The zero-order valence-corrected chi connectivity index (χ0v) is 18.3. The lowest BCUT2D eigenvalue weighted by Crippen LogP contribution is -2.34. The van der Waals surface area contributed by atoms with E-state index in [9.17, 15) is 9.59 Å². The molecule has 8 heteroatoms. The molecule has 0 aliphatic carbocycles. The Bertz CT molecular complexity index is 1000. The van der Waals surface area contributed by atoms with Gasteiger partial charge in [-0.1, -0.05) is 18.2 Å². The van der Waals surface area contributed by atoms with Gasteiger partial charge >= 0.3 is 0 Å². The number of carbonyl (C=O) groups is 2. The summed E-state index contributed by atoms with van der Waals surface area (Å²) in [6.07, 6.45) is 5.05. The molecular formula is C23H25N3O4S. The highest BCUT2D eigenvalue weighted by Gasteiger charge is 2.22. The van der Waals surface area contributed by atoms with Gasteiger partial charge in [-0.2, -0.15) is 0 Å². The number of hydrogen-bond acceptors (Lipinski definition) is 5. The largest absolute Gasteiger partial charge is 0.493 e. The predicted molar refractivity (Wildman–Crippen MR) is 125 cm³/mol. The Labute approximate surface area is 187 Å². The summed E-state index contributed by atoms with van der Waals surface area (Å²) in [5, 5.41) is 5.67. The highest BCUT2D eigenvalue weighted by molar-refractivity contribution is 7.80. The number of amides is 2. The van der Waals surface area contributed by atoms with Crippen LogP contribution >= 0.6 is 12.2 Å². The van der Waals surface area contributed by atoms with Crippen molar-refractivity contribution >= 4 is 40.9 Å². The van der Waals surface area contributed by atoms with Gasteiger partial charge in [0.25, 0.3) is 5.91 Å². The fourth-order valence-corrected chi connectivity index (χ4v) is 3.52. The first-order valence-electron chi connectivity index (χ1n) is 9.92. The van der Waals surface area contributed by atoms with Crippen molar-refractivity contribution in [1.29, 1.82) is 0 Å². The van der Waals surface area contributed by atoms with E-state index in [4.69, 9.17) is 21.7 Å². The monoisotopic (exact) mass is 439 g/mol. The van der Waals surface area contributed by atoms with E-state index in [0.717, 1.165) is 31.5 Å². The number of rotatable bonds is 6. The van der Waals surface area contributed by atoms with E-state index in [2.05, 4.69) is 10.6 Å². The molecular weight excluding hydrogens is 414 g/mol. The lowest BCUT2D eigenvalue weighted by Gasteiger charge is -2.18. The fourth-order valence-electron chi connectivity index (χ4n) is 3.30. The van der Waals surface area contributed by atoms with Crippen LogP contribution in [0.15, 0.2) is 48.5 Å². The van der Waals surface area contributed by atoms with Crippen molar-refractivity contribution < 1.29 is 19.1 Å². The molecule has 2 aromatic carbocycles. The molecule has 31 heavy (non-hydrogen) atoms. The smallest absolute Gasteiger partial charge is 0.255 e. The van der Waals surface area contributed by atoms with Gasteiger partial charge in [0.2, 0.25) is 5.91 Å². The number of likely N-dealkylation sites (tertiary alicyclic amines) is 1. The van der Waals surface area contributed by atoms with Crippen LogP contribution in [-0.2, 0) is 4.79 Å². The fraction of sp³-hybridized carbons (Fsp3) is 0.261. The van der Waals surface area contributed by atoms with E-state index >= 15 is 0 Å². The summed E-state index contributed by atoms with van der Waals surface area (Å²) in [5.41, 5.74) is 1.86. The summed E-state index contributed by atoms with van der Waals surface area (Å²) in [4.78, 5) is 26.8. The Kier molecular flexibility index (Phi) is 7.61. The molecule has 1 heterocycles. The molecule has 0 unspecified atom stereocenters. The van der Waals surface area contributed by atoms with Gasteiger partial charge in [0.1, 0.15) is 0 Å². The number of carbonyl (C=O) groups excluding carboxylic acids is 2. The van der Waals surface area contributed by atoms with Crippen LogP contribution < -0.4 is 20.1 Å². The molecule has 0 bridgehead atoms. The first-order valence-corrected chi connectivity index (χ1v) is 10.3. The molecule has 1 fully saturated rings. The minimum absolute atomic E-state index is 0.0388. The maximum Gasteiger partial charge on any atom is 0.255 e. The summed E-state index contributed by atoms with van der Waals surface area (Å²) >= 11 is 5.26. The topological polar surface area (TPSA) is 79.9 Å². The Balaban J connectivity index is 1.62. The van der Waals surface area contributed by atoms with Crippen LogP contribution in [0.5, 0.6) is 11.5 Å². The van der Waals surface area contributed by atoms with Gasteiger partial charge in [-0.05, 0) is 61.0 Å². The number of anilines is 1. The van der Waals surface area contributed by atoms with Crippen LogP contribution in [0.25, 0.3) is 6.08 Å². The number of hydrogen-bond donors (Lipinski definition) is 2. The second-order valence-corrected chi connectivity index (χ2v) is 7.34. The van der Waals surface area contributed by atoms with Crippen LogP contribution in [0, 0.1) is 0 Å². The van der Waals surface area contributed by atoms with Crippen molar-refractivity contribution in [3.05, 3.63) is 59.7 Å². The SMILES string of the molecule is COc1ccc(C=CC(=O)NC(=S)Nc2ccccc2C(=O)N2CCCC2)cc1OC. The average molecular weight is 440 g/mol. The molecule has 2 amide bonds. The number of nitrogens with zero attached hydrogens (tertiary/aromatic N) is 1. The molecule has 7 nitrogen and oxygen atoms in total. The number of ether oxygens (including phenoxy) is 2. The minimum atomic E-state index is -0.393. The molecule has 0 atom stereocenters. The third kappa shape index (κ3) is 5.82. The molecule has 162 valence electrons. The van der Waals surface area contributed by atoms with Gasteiger partial charge in [-0.15, -0.1) is 0 Å². The first-order chi connectivity index (χ1) is 15.0. The summed E-state index contributed by atoms with van der Waals surface area (Å²) in [6.45, 7) is 1.52. The second kappa shape index (κ2) is 10.6. The summed E-state index contributed by atoms with van der Waals surface area (Å²) < 4.78 is 10.5. The number of para-hydroxylation sites is 1. The van der Waals surface area contributed by atoms with Crippen LogP contribution in [0.2, 0.25) is 0 Å². The van der Waals surface area contributed by atoms with Crippen molar-refractivity contribution in [3.63, 3.8) is 0 Å². The molecule has 1 aliphatic heterocycles. The quantitative estimate of drug-likeness (QED) is 0.530. The molecule has 3 rings (SSSR count). The van der Waals surface area contributed by atoms with E-state index in [-0.39, 0.29) is 11.0 Å². The number of methoxy groups -OCH3 is 2. The highest BCUT2D eigenvalue weighted by Crippen LogP contribution is 2.28. The van der Waals surface area contributed by atoms with E-state index in [0.29, 0.717) is 22.7 Å². The van der Waals surface area contributed by atoms with E-state index in [1.54, 1.807) is 44.6 Å². The van der Waals surface area contributed by atoms with E-state index in [1.165, 1.54) is 6.08 Å². The lowest BCUT2D eigenvalue weighted by atomic mass is 10.1. The van der Waals surface area contributed by atoms with Crippen molar-refractivity contribution in [2.45, 2.75) is 12.8 Å². The van der Waals surface area contributed by atoms with Gasteiger partial charge in [0.05, 0.1) is 25.5 Å². The van der Waals surface area contributed by atoms with E-state index in [1.807, 2.05) is 23.1 Å². The van der Waals surface area contributed by atoms with Crippen molar-refractivity contribution in [3.8, 4) is 11.5 Å². The number of nitrogens with one attached hydrogen (secondary N) is 2. The molecule has 0 saturated carbocycles. The summed E-state index contributed by atoms with van der Waals surface area (Å²) in [7, 11) is 3.11. The average Bonchev–Trinajstić information content (AvgIpc) is 3.32. The first kappa shape index (κ1) is 22.3. The van der Waals surface area contributed by atoms with Gasteiger partial charge in [0, 0.05) is 19.2 Å². The Hall–Kier alpha value is -3.39. The Morgan fingerprint density at radius 2 is 1.74 bits per heavy atom. The summed E-state index contributed by atoms with van der Waals surface area (Å²) in [6, 6.07) is 12.5. The molecule has 0 aromatic heterocycles. The maximum atomic E-state index is 12.8. The summed E-state index contributed by atoms with van der Waals surface area (Å²) in [5.74, 6) is 0.747. The van der Waals surface area contributed by atoms with Crippen LogP contribution in [0.3, 0.4) is 0 Å². The maximum absolute atomic E-state index is 12.8. The van der Waals surface area contributed by atoms with Crippen molar-refractivity contribution in [2.75, 3.05) is 32.6 Å². The number of benzene rings is 2. The molecule has 1 aliphatic rings. The minimum Gasteiger partial charge on any atom is -0.493 e. The molecule has 1 saturated heterocycles. The van der Waals surface area contributed by atoms with Crippen LogP contribution in [-0.4, -0.2) is 49.1 Å². The molecule has 2 aromatic rings. The third-order valence-corrected chi connectivity index (χ3v) is 5.07. The normalized spacial score (nSPS) is 13.2. The highest BCUT2D eigenvalue weighted by atomic mass is 32.1. The van der Waals surface area contributed by atoms with Gasteiger partial charge < -0.3 is 19.7 Å².